The van der Waals surface area contributed by atoms with E-state index in [-0.39, 0.29) is 0 Å². The van der Waals surface area contributed by atoms with Crippen molar-refractivity contribution >= 4 is 33.6 Å². The van der Waals surface area contributed by atoms with Crippen LogP contribution < -0.4 is 10.2 Å². The predicted molar refractivity (Wildman–Crippen MR) is 114 cm³/mol. The summed E-state index contributed by atoms with van der Waals surface area (Å²) in [5.41, 5.74) is 1.17. The number of hydrogen-bond donors (Lipinski definition) is 1. The van der Waals surface area contributed by atoms with Gasteiger partial charge < -0.3 is 15.1 Å². The van der Waals surface area contributed by atoms with Crippen LogP contribution in [-0.4, -0.2) is 55.1 Å². The normalized spacial score (nSPS) is 15.8. The molecule has 0 unspecified atom stereocenters. The molecule has 0 saturated carbocycles. The Hall–Kier alpha value is -1.60. The SMILES string of the molecule is CCNC(=NCCc1csc(C(C)C)n1)N1CCN(c2cccs2)CC1. The predicted octanol–water partition coefficient (Wildman–Crippen LogP) is 3.66. The molecule has 0 radical (unpaired) electrons. The lowest BCUT2D eigenvalue weighted by Crippen LogP contribution is -2.52. The number of guanidine groups is 1. The number of thiophene rings is 1. The van der Waals surface area contributed by atoms with Crippen LogP contribution in [0.15, 0.2) is 27.9 Å². The number of rotatable bonds is 6. The highest BCUT2D eigenvalue weighted by Gasteiger charge is 2.20. The van der Waals surface area contributed by atoms with Crippen LogP contribution >= 0.6 is 22.7 Å². The third-order valence-electron chi connectivity index (χ3n) is 4.42. The second-order valence-corrected chi connectivity index (χ2v) is 8.56. The first kappa shape index (κ1) is 19.2. The Labute approximate surface area is 164 Å². The highest BCUT2D eigenvalue weighted by atomic mass is 32.1. The largest absolute Gasteiger partial charge is 0.360 e. The van der Waals surface area contributed by atoms with Crippen LogP contribution in [0.25, 0.3) is 0 Å². The fourth-order valence-corrected chi connectivity index (χ4v) is 4.65. The van der Waals surface area contributed by atoms with E-state index in [2.05, 4.69) is 58.8 Å². The van der Waals surface area contributed by atoms with Crippen molar-refractivity contribution in [2.75, 3.05) is 44.2 Å². The Morgan fingerprint density at radius 1 is 1.27 bits per heavy atom. The Bertz CT molecular complexity index is 685. The van der Waals surface area contributed by atoms with Gasteiger partial charge in [0.15, 0.2) is 5.96 Å². The molecule has 142 valence electrons. The summed E-state index contributed by atoms with van der Waals surface area (Å²) in [7, 11) is 0. The summed E-state index contributed by atoms with van der Waals surface area (Å²) >= 11 is 3.58. The lowest BCUT2D eigenvalue weighted by molar-refractivity contribution is 0.373. The topological polar surface area (TPSA) is 43.8 Å². The van der Waals surface area contributed by atoms with Crippen LogP contribution in [0.5, 0.6) is 0 Å². The summed E-state index contributed by atoms with van der Waals surface area (Å²) in [5, 5.41) is 10.4. The molecule has 0 aliphatic carbocycles. The zero-order valence-electron chi connectivity index (χ0n) is 15.9. The van der Waals surface area contributed by atoms with Gasteiger partial charge in [-0.05, 0) is 24.4 Å². The van der Waals surface area contributed by atoms with E-state index in [0.717, 1.165) is 51.6 Å². The van der Waals surface area contributed by atoms with Crippen LogP contribution in [0.4, 0.5) is 5.00 Å². The van der Waals surface area contributed by atoms with Gasteiger partial charge >= 0.3 is 0 Å². The molecule has 5 nitrogen and oxygen atoms in total. The van der Waals surface area contributed by atoms with E-state index in [1.165, 1.54) is 15.7 Å². The number of hydrogen-bond acceptors (Lipinski definition) is 5. The number of anilines is 1. The van der Waals surface area contributed by atoms with Gasteiger partial charge in [0.25, 0.3) is 0 Å². The fourth-order valence-electron chi connectivity index (χ4n) is 2.99. The van der Waals surface area contributed by atoms with Crippen LogP contribution in [-0.2, 0) is 6.42 Å². The van der Waals surface area contributed by atoms with Gasteiger partial charge in [-0.2, -0.15) is 0 Å². The monoisotopic (exact) mass is 391 g/mol. The smallest absolute Gasteiger partial charge is 0.194 e. The summed E-state index contributed by atoms with van der Waals surface area (Å²) in [6.07, 6.45) is 0.910. The molecule has 1 aliphatic heterocycles. The van der Waals surface area contributed by atoms with Crippen molar-refractivity contribution in [2.24, 2.45) is 4.99 Å². The van der Waals surface area contributed by atoms with Crippen LogP contribution in [0, 0.1) is 0 Å². The molecule has 1 N–H and O–H groups in total. The van der Waals surface area contributed by atoms with E-state index in [1.807, 2.05) is 11.3 Å². The average molecular weight is 392 g/mol. The maximum Gasteiger partial charge on any atom is 0.194 e. The molecular formula is C19H29N5S2. The maximum atomic E-state index is 4.85. The molecule has 0 bridgehead atoms. The first-order valence-corrected chi connectivity index (χ1v) is 11.2. The summed E-state index contributed by atoms with van der Waals surface area (Å²) in [6, 6.07) is 4.33. The average Bonchev–Trinajstić information content (AvgIpc) is 3.33. The molecule has 1 fully saturated rings. The first-order valence-electron chi connectivity index (χ1n) is 9.43. The number of aromatic nitrogens is 1. The first-order chi connectivity index (χ1) is 12.7. The second-order valence-electron chi connectivity index (χ2n) is 6.74. The van der Waals surface area contributed by atoms with Crippen LogP contribution in [0.3, 0.4) is 0 Å². The Kier molecular flexibility index (Phi) is 6.91. The quantitative estimate of drug-likeness (QED) is 0.603. The summed E-state index contributed by atoms with van der Waals surface area (Å²) < 4.78 is 0. The van der Waals surface area contributed by atoms with Crippen molar-refractivity contribution < 1.29 is 0 Å². The van der Waals surface area contributed by atoms with Crippen molar-refractivity contribution in [3.05, 3.63) is 33.6 Å². The summed E-state index contributed by atoms with van der Waals surface area (Å²) in [6.45, 7) is 12.3. The van der Waals surface area contributed by atoms with E-state index in [4.69, 9.17) is 9.98 Å². The van der Waals surface area contributed by atoms with Crippen molar-refractivity contribution in [3.8, 4) is 0 Å². The molecule has 2 aromatic heterocycles. The van der Waals surface area contributed by atoms with Gasteiger partial charge in [-0.25, -0.2) is 4.98 Å². The molecule has 3 heterocycles. The third-order valence-corrected chi connectivity index (χ3v) is 6.55. The molecule has 0 atom stereocenters. The van der Waals surface area contributed by atoms with Gasteiger partial charge in [0, 0.05) is 57.0 Å². The highest BCUT2D eigenvalue weighted by molar-refractivity contribution is 7.14. The Balaban J connectivity index is 1.53. The van der Waals surface area contributed by atoms with E-state index in [0.29, 0.717) is 5.92 Å². The van der Waals surface area contributed by atoms with Gasteiger partial charge in [-0.1, -0.05) is 13.8 Å². The number of aliphatic imine (C=N–C) groups is 1. The van der Waals surface area contributed by atoms with Gasteiger partial charge in [-0.3, -0.25) is 4.99 Å². The molecule has 0 spiro atoms. The number of piperazine rings is 1. The Morgan fingerprint density at radius 2 is 2.08 bits per heavy atom. The van der Waals surface area contributed by atoms with Crippen molar-refractivity contribution in [3.63, 3.8) is 0 Å². The maximum absolute atomic E-state index is 4.85. The zero-order valence-corrected chi connectivity index (χ0v) is 17.6. The van der Waals surface area contributed by atoms with Gasteiger partial charge in [-0.15, -0.1) is 22.7 Å². The molecule has 7 heteroatoms. The molecule has 0 amide bonds. The van der Waals surface area contributed by atoms with Crippen LogP contribution in [0.2, 0.25) is 0 Å². The van der Waals surface area contributed by atoms with Crippen molar-refractivity contribution in [1.29, 1.82) is 0 Å². The summed E-state index contributed by atoms with van der Waals surface area (Å²) in [4.78, 5) is 14.4. The van der Waals surface area contributed by atoms with E-state index >= 15 is 0 Å². The van der Waals surface area contributed by atoms with Gasteiger partial charge in [0.05, 0.1) is 15.7 Å². The highest BCUT2D eigenvalue weighted by Crippen LogP contribution is 2.22. The lowest BCUT2D eigenvalue weighted by atomic mass is 10.2. The molecule has 2 aromatic rings. The molecule has 26 heavy (non-hydrogen) atoms. The van der Waals surface area contributed by atoms with Gasteiger partial charge in [0.1, 0.15) is 0 Å². The fraction of sp³-hybridized carbons (Fsp3) is 0.579. The Morgan fingerprint density at radius 3 is 2.69 bits per heavy atom. The second kappa shape index (κ2) is 9.37. The standard InChI is InChI=1S/C19H29N5S2/c1-4-20-19(21-8-7-16-14-26-18(22-16)15(2)3)24-11-9-23(10-12-24)17-6-5-13-25-17/h5-6,13-15H,4,7-12H2,1-3H3,(H,20,21). The lowest BCUT2D eigenvalue weighted by Gasteiger charge is -2.37. The third kappa shape index (κ3) is 4.98. The minimum absolute atomic E-state index is 0.509. The van der Waals surface area contributed by atoms with E-state index < -0.39 is 0 Å². The molecule has 1 aliphatic rings. The molecular weight excluding hydrogens is 362 g/mol. The van der Waals surface area contributed by atoms with Crippen LogP contribution in [0.1, 0.15) is 37.4 Å². The molecule has 1 saturated heterocycles. The minimum atomic E-state index is 0.509. The number of nitrogens with zero attached hydrogens (tertiary/aromatic N) is 4. The molecule has 3 rings (SSSR count). The van der Waals surface area contributed by atoms with Gasteiger partial charge in [0.2, 0.25) is 0 Å². The van der Waals surface area contributed by atoms with Crippen molar-refractivity contribution in [1.82, 2.24) is 15.2 Å². The molecule has 0 aromatic carbocycles. The summed E-state index contributed by atoms with van der Waals surface area (Å²) in [5.74, 6) is 1.55. The zero-order chi connectivity index (χ0) is 18.4. The van der Waals surface area contributed by atoms with E-state index in [9.17, 15) is 0 Å². The number of nitrogens with one attached hydrogen (secondary N) is 1. The van der Waals surface area contributed by atoms with E-state index in [1.54, 1.807) is 11.3 Å². The van der Waals surface area contributed by atoms with Crippen molar-refractivity contribution in [2.45, 2.75) is 33.1 Å². The minimum Gasteiger partial charge on any atom is -0.360 e. The number of thiazole rings is 1.